The molecule has 2 heterocycles. The van der Waals surface area contributed by atoms with Gasteiger partial charge >= 0.3 is 21.1 Å². The molecule has 0 fully saturated rings. The molecule has 0 bridgehead atoms. The van der Waals surface area contributed by atoms with Crippen LogP contribution in [0.3, 0.4) is 0 Å². The maximum absolute atomic E-state index is 6.76. The Balaban J connectivity index is 0.000000416. The summed E-state index contributed by atoms with van der Waals surface area (Å²) in [6, 6.07) is 40.9. The SMILES string of the molecule is CC(C)(C)c1cc(-c2cc(-c3[c-]cccc3)nc(-c3cc4ccccc4cn3)c2)cc(C(C)(C)C)c1.[C-]#Cc1ccc(C)cc1.[Pt+2]. The molecule has 2 nitrogen and oxygen atoms in total. The molecule has 0 unspecified atom stereocenters. The van der Waals surface area contributed by atoms with Gasteiger partial charge in [-0.1, -0.05) is 108 Å². The van der Waals surface area contributed by atoms with Crippen molar-refractivity contribution in [3.63, 3.8) is 0 Å². The normalized spacial score (nSPS) is 11.2. The zero-order valence-corrected chi connectivity index (χ0v) is 30.0. The van der Waals surface area contributed by atoms with E-state index in [4.69, 9.17) is 16.4 Å². The van der Waals surface area contributed by atoms with Gasteiger partial charge in [0.2, 0.25) is 0 Å². The molecular weight excluding hydrogens is 740 g/mol. The molecule has 0 aliphatic carbocycles. The van der Waals surface area contributed by atoms with Gasteiger partial charge in [0.05, 0.1) is 11.4 Å². The van der Waals surface area contributed by atoms with Gasteiger partial charge in [-0.05, 0) is 63.2 Å². The fourth-order valence-electron chi connectivity index (χ4n) is 5.04. The molecule has 3 heteroatoms. The van der Waals surface area contributed by atoms with E-state index in [-0.39, 0.29) is 31.9 Å². The number of fused-ring (bicyclic) bond motifs is 1. The summed E-state index contributed by atoms with van der Waals surface area (Å²) in [6.07, 6.45) is 8.70. The first-order valence-corrected chi connectivity index (χ1v) is 15.4. The Kier molecular flexibility index (Phi) is 10.8. The molecule has 0 radical (unpaired) electrons. The van der Waals surface area contributed by atoms with E-state index in [1.54, 1.807) is 0 Å². The molecule has 6 aromatic rings. The van der Waals surface area contributed by atoms with Crippen LogP contribution in [-0.2, 0) is 31.9 Å². The average Bonchev–Trinajstić information content (AvgIpc) is 3.04. The van der Waals surface area contributed by atoms with Crippen LogP contribution in [0.4, 0.5) is 0 Å². The molecule has 2 aromatic heterocycles. The second-order valence-electron chi connectivity index (χ2n) is 13.6. The van der Waals surface area contributed by atoms with Crippen molar-refractivity contribution in [2.45, 2.75) is 59.3 Å². The minimum absolute atomic E-state index is 0. The van der Waals surface area contributed by atoms with E-state index >= 15 is 0 Å². The first kappa shape index (κ1) is 34.6. The van der Waals surface area contributed by atoms with Crippen LogP contribution in [0.2, 0.25) is 0 Å². The first-order valence-electron chi connectivity index (χ1n) is 15.4. The van der Waals surface area contributed by atoms with Gasteiger partial charge in [-0.25, -0.2) is 0 Å². The van der Waals surface area contributed by atoms with Crippen LogP contribution < -0.4 is 0 Å². The van der Waals surface area contributed by atoms with E-state index in [1.807, 2.05) is 61.7 Å². The molecule has 0 aliphatic rings. The van der Waals surface area contributed by atoms with E-state index in [2.05, 4.69) is 114 Å². The summed E-state index contributed by atoms with van der Waals surface area (Å²) in [4.78, 5) is 9.84. The van der Waals surface area contributed by atoms with Crippen LogP contribution in [0, 0.1) is 25.3 Å². The second-order valence-corrected chi connectivity index (χ2v) is 13.6. The minimum atomic E-state index is 0. The predicted molar refractivity (Wildman–Crippen MR) is 189 cm³/mol. The third kappa shape index (κ3) is 8.48. The largest absolute Gasteiger partial charge is 2.00 e. The van der Waals surface area contributed by atoms with Crippen molar-refractivity contribution in [3.05, 3.63) is 150 Å². The van der Waals surface area contributed by atoms with Crippen LogP contribution in [-0.4, -0.2) is 9.97 Å². The van der Waals surface area contributed by atoms with Gasteiger partial charge in [0.1, 0.15) is 0 Å². The summed E-state index contributed by atoms with van der Waals surface area (Å²) in [6.45, 7) is 15.7. The van der Waals surface area contributed by atoms with E-state index in [0.717, 1.165) is 44.5 Å². The summed E-state index contributed by atoms with van der Waals surface area (Å²) >= 11 is 0. The Hall–Kier alpha value is -4.31. The van der Waals surface area contributed by atoms with Gasteiger partial charge in [0.25, 0.3) is 0 Å². The quantitative estimate of drug-likeness (QED) is 0.132. The van der Waals surface area contributed by atoms with E-state index in [0.29, 0.717) is 0 Å². The standard InChI is InChI=1S/C34H33N2.C9H7.Pt/c1-33(2,3)28-16-26(17-29(21-28)34(4,5)6)27-19-30(23-12-8-7-9-13-23)36-32(20-27)31-18-24-14-10-11-15-25(24)22-35-31;1-3-9-6-4-8(2)5-7-9;/h7-12,14-22H,1-6H3;4-7H,2H3;/q2*-1;+2. The average molecular weight is 780 g/mol. The Labute approximate surface area is 289 Å². The Morgan fingerprint density at radius 3 is 1.80 bits per heavy atom. The van der Waals surface area contributed by atoms with Crippen molar-refractivity contribution >= 4 is 10.8 Å². The summed E-state index contributed by atoms with van der Waals surface area (Å²) in [7, 11) is 0. The molecule has 232 valence electrons. The van der Waals surface area contributed by atoms with E-state index in [1.165, 1.54) is 22.3 Å². The van der Waals surface area contributed by atoms with Gasteiger partial charge in [0, 0.05) is 11.6 Å². The number of benzene rings is 4. The molecule has 6 rings (SSSR count). The summed E-state index contributed by atoms with van der Waals surface area (Å²) in [5, 5.41) is 2.29. The number of aryl methyl sites for hydroxylation is 1. The molecular formula is C43H40N2Pt. The molecule has 0 amide bonds. The Morgan fingerprint density at radius 1 is 0.630 bits per heavy atom. The van der Waals surface area contributed by atoms with Crippen molar-refractivity contribution in [2.75, 3.05) is 0 Å². The van der Waals surface area contributed by atoms with Crippen molar-refractivity contribution in [2.24, 2.45) is 0 Å². The van der Waals surface area contributed by atoms with Crippen LogP contribution >= 0.6 is 0 Å². The summed E-state index contributed by atoms with van der Waals surface area (Å²) in [5.41, 5.74) is 10.8. The number of rotatable bonds is 3. The zero-order chi connectivity index (χ0) is 32.2. The van der Waals surface area contributed by atoms with Gasteiger partial charge in [-0.15, -0.1) is 53.6 Å². The fraction of sp³-hybridized carbons (Fsp3) is 0.209. The summed E-state index contributed by atoms with van der Waals surface area (Å²) in [5.74, 6) is 2.30. The predicted octanol–water partition coefficient (Wildman–Crippen LogP) is 11.0. The van der Waals surface area contributed by atoms with Gasteiger partial charge in [-0.2, -0.15) is 0 Å². The van der Waals surface area contributed by atoms with Crippen molar-refractivity contribution in [1.82, 2.24) is 9.97 Å². The first-order chi connectivity index (χ1) is 21.4. The molecule has 0 aliphatic heterocycles. The molecule has 0 saturated heterocycles. The van der Waals surface area contributed by atoms with Crippen LogP contribution in [0.15, 0.2) is 115 Å². The summed E-state index contributed by atoms with van der Waals surface area (Å²) < 4.78 is 0. The zero-order valence-electron chi connectivity index (χ0n) is 27.7. The topological polar surface area (TPSA) is 25.8 Å². The van der Waals surface area contributed by atoms with Crippen molar-refractivity contribution < 1.29 is 21.1 Å². The molecule has 0 saturated carbocycles. The smallest absolute Gasteiger partial charge is 0.366 e. The monoisotopic (exact) mass is 779 g/mol. The van der Waals surface area contributed by atoms with Crippen molar-refractivity contribution in [1.29, 1.82) is 0 Å². The molecule has 0 N–H and O–H groups in total. The van der Waals surface area contributed by atoms with Crippen LogP contribution in [0.25, 0.3) is 44.5 Å². The maximum Gasteiger partial charge on any atom is 2.00 e. The van der Waals surface area contributed by atoms with E-state index in [9.17, 15) is 0 Å². The molecule has 4 aromatic carbocycles. The number of hydrogen-bond donors (Lipinski definition) is 0. The number of hydrogen-bond acceptors (Lipinski definition) is 2. The van der Waals surface area contributed by atoms with E-state index < -0.39 is 0 Å². The number of pyridine rings is 2. The fourth-order valence-corrected chi connectivity index (χ4v) is 5.04. The number of nitrogens with zero attached hydrogens (tertiary/aromatic N) is 2. The van der Waals surface area contributed by atoms with Crippen LogP contribution in [0.1, 0.15) is 63.8 Å². The third-order valence-corrected chi connectivity index (χ3v) is 7.90. The maximum atomic E-state index is 6.76. The van der Waals surface area contributed by atoms with Gasteiger partial charge < -0.3 is 6.42 Å². The molecule has 0 spiro atoms. The van der Waals surface area contributed by atoms with Crippen LogP contribution in [0.5, 0.6) is 0 Å². The third-order valence-electron chi connectivity index (χ3n) is 7.90. The Morgan fingerprint density at radius 2 is 1.22 bits per heavy atom. The van der Waals surface area contributed by atoms with Crippen molar-refractivity contribution in [3.8, 4) is 39.7 Å². The molecule has 0 atom stereocenters. The van der Waals surface area contributed by atoms with Gasteiger partial charge in [-0.3, -0.25) is 15.9 Å². The molecule has 46 heavy (non-hydrogen) atoms. The minimum Gasteiger partial charge on any atom is -0.366 e. The van der Waals surface area contributed by atoms with Gasteiger partial charge in [0.15, 0.2) is 0 Å². The Bertz CT molecular complexity index is 1940. The second kappa shape index (κ2) is 14.4. The number of aromatic nitrogens is 2.